The Morgan fingerprint density at radius 3 is 2.73 bits per heavy atom. The largest absolute Gasteiger partial charge is 0.494 e. The number of halogens is 3. The molecule has 1 nitrogen and oxygen atoms in total. The fourth-order valence-corrected chi connectivity index (χ4v) is 1.19. The third-order valence-electron chi connectivity index (χ3n) is 1.67. The lowest BCUT2D eigenvalue weighted by molar-refractivity contribution is 0.371. The highest BCUT2D eigenvalue weighted by atomic mass is 79.9. The van der Waals surface area contributed by atoms with Crippen molar-refractivity contribution < 1.29 is 13.5 Å². The van der Waals surface area contributed by atoms with Crippen LogP contribution in [0.25, 0.3) is 0 Å². The Morgan fingerprint density at radius 1 is 1.40 bits per heavy atom. The standard InChI is InChI=1S/C11H9BrF2O/c1-15-10-7-8(4-2-3-5-12)6-9(13)11(10)14/h6-7H,3,5H2,1H3. The Balaban J connectivity index is 3.02. The van der Waals surface area contributed by atoms with Gasteiger partial charge in [-0.15, -0.1) is 0 Å². The van der Waals surface area contributed by atoms with Crippen molar-refractivity contribution in [1.29, 1.82) is 0 Å². The maximum atomic E-state index is 13.0. The zero-order valence-electron chi connectivity index (χ0n) is 8.11. The molecular weight excluding hydrogens is 266 g/mol. The number of methoxy groups -OCH3 is 1. The first kappa shape index (κ1) is 12.0. The van der Waals surface area contributed by atoms with E-state index in [1.54, 1.807) is 0 Å². The molecule has 0 aromatic heterocycles. The molecular formula is C11H9BrF2O. The molecule has 0 fully saturated rings. The molecule has 80 valence electrons. The predicted octanol–water partition coefficient (Wildman–Crippen LogP) is 3.11. The van der Waals surface area contributed by atoms with E-state index in [0.29, 0.717) is 12.0 Å². The average Bonchev–Trinajstić information content (AvgIpc) is 2.23. The zero-order valence-corrected chi connectivity index (χ0v) is 9.70. The van der Waals surface area contributed by atoms with Crippen LogP contribution in [-0.2, 0) is 0 Å². The predicted molar refractivity (Wildman–Crippen MR) is 58.2 cm³/mol. The normalized spacial score (nSPS) is 9.33. The number of alkyl halides is 1. The average molecular weight is 275 g/mol. The van der Waals surface area contributed by atoms with Crippen LogP contribution in [0.15, 0.2) is 12.1 Å². The molecule has 0 saturated carbocycles. The molecule has 0 aliphatic heterocycles. The van der Waals surface area contributed by atoms with E-state index < -0.39 is 11.6 Å². The number of benzene rings is 1. The molecule has 0 radical (unpaired) electrons. The van der Waals surface area contributed by atoms with Gasteiger partial charge in [-0.25, -0.2) is 4.39 Å². The highest BCUT2D eigenvalue weighted by Gasteiger charge is 2.09. The lowest BCUT2D eigenvalue weighted by Crippen LogP contribution is -1.93. The number of hydrogen-bond donors (Lipinski definition) is 0. The van der Waals surface area contributed by atoms with Crippen molar-refractivity contribution in [3.63, 3.8) is 0 Å². The molecule has 0 N–H and O–H groups in total. The van der Waals surface area contributed by atoms with Crippen LogP contribution in [0.1, 0.15) is 12.0 Å². The van der Waals surface area contributed by atoms with E-state index in [2.05, 4.69) is 32.5 Å². The summed E-state index contributed by atoms with van der Waals surface area (Å²) in [5, 5.41) is 0.751. The second-order valence-corrected chi connectivity index (χ2v) is 3.51. The van der Waals surface area contributed by atoms with Gasteiger partial charge in [0, 0.05) is 17.3 Å². The van der Waals surface area contributed by atoms with Gasteiger partial charge in [-0.05, 0) is 12.1 Å². The van der Waals surface area contributed by atoms with Gasteiger partial charge in [-0.2, -0.15) is 4.39 Å². The Kier molecular flexibility index (Phi) is 4.57. The quantitative estimate of drug-likeness (QED) is 0.595. The second-order valence-electron chi connectivity index (χ2n) is 2.72. The number of hydrogen-bond acceptors (Lipinski definition) is 1. The van der Waals surface area contributed by atoms with Gasteiger partial charge in [0.2, 0.25) is 5.82 Å². The summed E-state index contributed by atoms with van der Waals surface area (Å²) >= 11 is 3.22. The molecule has 0 heterocycles. The van der Waals surface area contributed by atoms with Crippen molar-refractivity contribution >= 4 is 15.9 Å². The van der Waals surface area contributed by atoms with Crippen LogP contribution in [0.4, 0.5) is 8.78 Å². The number of rotatable bonds is 2. The summed E-state index contributed by atoms with van der Waals surface area (Å²) in [6, 6.07) is 2.43. The monoisotopic (exact) mass is 274 g/mol. The number of ether oxygens (including phenoxy) is 1. The van der Waals surface area contributed by atoms with Crippen molar-refractivity contribution in [2.24, 2.45) is 0 Å². The van der Waals surface area contributed by atoms with Crippen LogP contribution < -0.4 is 4.74 Å². The highest BCUT2D eigenvalue weighted by Crippen LogP contribution is 2.21. The highest BCUT2D eigenvalue weighted by molar-refractivity contribution is 9.09. The van der Waals surface area contributed by atoms with Crippen molar-refractivity contribution in [2.75, 3.05) is 12.4 Å². The van der Waals surface area contributed by atoms with E-state index in [1.807, 2.05) is 0 Å². The van der Waals surface area contributed by atoms with Crippen LogP contribution in [-0.4, -0.2) is 12.4 Å². The molecule has 0 aliphatic carbocycles. The molecule has 1 aromatic rings. The topological polar surface area (TPSA) is 9.23 Å². The van der Waals surface area contributed by atoms with Crippen LogP contribution >= 0.6 is 15.9 Å². The maximum absolute atomic E-state index is 13.0. The van der Waals surface area contributed by atoms with E-state index in [0.717, 1.165) is 11.4 Å². The maximum Gasteiger partial charge on any atom is 0.200 e. The Hall–Kier alpha value is -1.08. The molecule has 0 atom stereocenters. The van der Waals surface area contributed by atoms with Crippen molar-refractivity contribution in [2.45, 2.75) is 6.42 Å². The minimum atomic E-state index is -0.983. The summed E-state index contributed by atoms with van der Waals surface area (Å²) in [6.45, 7) is 0. The minimum Gasteiger partial charge on any atom is -0.494 e. The third-order valence-corrected chi connectivity index (χ3v) is 2.06. The molecule has 0 bridgehead atoms. The Morgan fingerprint density at radius 2 is 2.13 bits per heavy atom. The van der Waals surface area contributed by atoms with E-state index in [4.69, 9.17) is 0 Å². The van der Waals surface area contributed by atoms with Crippen LogP contribution in [0.5, 0.6) is 5.75 Å². The van der Waals surface area contributed by atoms with Crippen molar-refractivity contribution in [3.8, 4) is 17.6 Å². The SMILES string of the molecule is COc1cc(C#CCCBr)cc(F)c1F. The summed E-state index contributed by atoms with van der Waals surface area (Å²) in [5.41, 5.74) is 0.409. The molecule has 15 heavy (non-hydrogen) atoms. The van der Waals surface area contributed by atoms with Gasteiger partial charge in [0.15, 0.2) is 11.6 Å². The molecule has 4 heteroatoms. The first-order chi connectivity index (χ1) is 7.19. The molecule has 1 aromatic carbocycles. The second kappa shape index (κ2) is 5.72. The van der Waals surface area contributed by atoms with E-state index in [-0.39, 0.29) is 5.75 Å². The molecule has 0 amide bonds. The van der Waals surface area contributed by atoms with Gasteiger partial charge in [-0.1, -0.05) is 27.8 Å². The summed E-state index contributed by atoms with van der Waals surface area (Å²) in [4.78, 5) is 0. The first-order valence-corrected chi connectivity index (χ1v) is 5.39. The molecule has 0 aliphatic rings. The summed E-state index contributed by atoms with van der Waals surface area (Å²) in [7, 11) is 1.29. The fraction of sp³-hybridized carbons (Fsp3) is 0.273. The van der Waals surface area contributed by atoms with Gasteiger partial charge < -0.3 is 4.74 Å². The lowest BCUT2D eigenvalue weighted by Gasteiger charge is -2.02. The van der Waals surface area contributed by atoms with Gasteiger partial charge in [0.05, 0.1) is 7.11 Å². The van der Waals surface area contributed by atoms with Crippen molar-refractivity contribution in [1.82, 2.24) is 0 Å². The molecule has 0 unspecified atom stereocenters. The molecule has 0 saturated heterocycles. The molecule has 1 rings (SSSR count). The van der Waals surface area contributed by atoms with Crippen molar-refractivity contribution in [3.05, 3.63) is 29.3 Å². The zero-order chi connectivity index (χ0) is 11.3. The van der Waals surface area contributed by atoms with Gasteiger partial charge in [0.1, 0.15) is 0 Å². The first-order valence-electron chi connectivity index (χ1n) is 4.27. The van der Waals surface area contributed by atoms with Gasteiger partial charge in [0.25, 0.3) is 0 Å². The Bertz CT molecular complexity index is 407. The smallest absolute Gasteiger partial charge is 0.200 e. The van der Waals surface area contributed by atoms with Crippen LogP contribution in [0, 0.1) is 23.5 Å². The fourth-order valence-electron chi connectivity index (χ4n) is 0.996. The lowest BCUT2D eigenvalue weighted by atomic mass is 10.2. The summed E-state index contributed by atoms with van der Waals surface area (Å²) in [6.07, 6.45) is 0.654. The van der Waals surface area contributed by atoms with E-state index in [1.165, 1.54) is 13.2 Å². The molecule has 0 spiro atoms. The van der Waals surface area contributed by atoms with Gasteiger partial charge >= 0.3 is 0 Å². The third kappa shape index (κ3) is 3.21. The van der Waals surface area contributed by atoms with E-state index >= 15 is 0 Å². The summed E-state index contributed by atoms with van der Waals surface area (Å²) < 4.78 is 30.7. The minimum absolute atomic E-state index is 0.127. The van der Waals surface area contributed by atoms with Crippen LogP contribution in [0.3, 0.4) is 0 Å². The van der Waals surface area contributed by atoms with Gasteiger partial charge in [-0.3, -0.25) is 0 Å². The van der Waals surface area contributed by atoms with Crippen LogP contribution in [0.2, 0.25) is 0 Å². The Labute approximate surface area is 95.6 Å². The summed E-state index contributed by atoms with van der Waals surface area (Å²) in [5.74, 6) is 3.47. The van der Waals surface area contributed by atoms with E-state index in [9.17, 15) is 8.78 Å².